The summed E-state index contributed by atoms with van der Waals surface area (Å²) in [7, 11) is 1.68. The van der Waals surface area contributed by atoms with Gasteiger partial charge in [0, 0.05) is 26.1 Å². The molecule has 2 amide bonds. The first-order chi connectivity index (χ1) is 9.90. The lowest BCUT2D eigenvalue weighted by Crippen LogP contribution is -2.35. The average molecular weight is 295 g/mol. The van der Waals surface area contributed by atoms with Crippen LogP contribution in [0.15, 0.2) is 0 Å². The van der Waals surface area contributed by atoms with Gasteiger partial charge in [-0.3, -0.25) is 14.3 Å². The molecule has 7 heteroatoms. The molecule has 0 aliphatic rings. The Hall–Kier alpha value is -2.05. The van der Waals surface area contributed by atoms with Crippen LogP contribution in [0.2, 0.25) is 0 Å². The van der Waals surface area contributed by atoms with Gasteiger partial charge in [-0.2, -0.15) is 5.10 Å². The molecule has 1 unspecified atom stereocenters. The summed E-state index contributed by atoms with van der Waals surface area (Å²) in [5, 5.41) is 9.74. The monoisotopic (exact) mass is 295 g/mol. The maximum atomic E-state index is 12.1. The van der Waals surface area contributed by atoms with Crippen molar-refractivity contribution in [1.82, 2.24) is 20.4 Å². The summed E-state index contributed by atoms with van der Waals surface area (Å²) in [6.45, 7) is 6.15. The molecule has 1 heterocycles. The molecule has 0 fully saturated rings. The van der Waals surface area contributed by atoms with Gasteiger partial charge >= 0.3 is 0 Å². The first-order valence-corrected chi connectivity index (χ1v) is 7.29. The Morgan fingerprint density at radius 1 is 1.38 bits per heavy atom. The summed E-state index contributed by atoms with van der Waals surface area (Å²) < 4.78 is 1.47. The van der Waals surface area contributed by atoms with E-state index in [4.69, 9.17) is 5.73 Å². The van der Waals surface area contributed by atoms with Crippen molar-refractivity contribution in [3.8, 4) is 0 Å². The first-order valence-electron chi connectivity index (χ1n) is 7.29. The number of hydrogen-bond acceptors (Lipinski definition) is 4. The quantitative estimate of drug-likeness (QED) is 0.685. The lowest BCUT2D eigenvalue weighted by atomic mass is 10.2. The zero-order chi connectivity index (χ0) is 16.0. The van der Waals surface area contributed by atoms with Gasteiger partial charge in [-0.25, -0.2) is 0 Å². The van der Waals surface area contributed by atoms with E-state index >= 15 is 0 Å². The van der Waals surface area contributed by atoms with Crippen LogP contribution in [0.1, 0.15) is 49.8 Å². The lowest BCUT2D eigenvalue weighted by molar-refractivity contribution is -0.121. The predicted octanol–water partition coefficient (Wildman–Crippen LogP) is 0.599. The molecular weight excluding hydrogens is 270 g/mol. The Balaban J connectivity index is 2.52. The molecule has 0 saturated carbocycles. The molecule has 0 radical (unpaired) electrons. The fourth-order valence-corrected chi connectivity index (χ4v) is 1.95. The fourth-order valence-electron chi connectivity index (χ4n) is 1.95. The van der Waals surface area contributed by atoms with Crippen LogP contribution in [0.3, 0.4) is 0 Å². The molecular formula is C14H25N5O2. The van der Waals surface area contributed by atoms with Crippen molar-refractivity contribution in [2.45, 2.75) is 46.1 Å². The number of carbonyl (C=O) groups excluding carboxylic acids is 2. The Kier molecular flexibility index (Phi) is 6.20. The third kappa shape index (κ3) is 4.47. The van der Waals surface area contributed by atoms with Crippen LogP contribution < -0.4 is 16.4 Å². The van der Waals surface area contributed by atoms with Gasteiger partial charge in [0.15, 0.2) is 0 Å². The minimum absolute atomic E-state index is 0.0723. The second-order valence-electron chi connectivity index (χ2n) is 5.07. The number of aryl methyl sites for hydroxylation is 2. The number of amides is 2. The van der Waals surface area contributed by atoms with E-state index in [0.29, 0.717) is 23.5 Å². The van der Waals surface area contributed by atoms with E-state index in [9.17, 15) is 9.59 Å². The summed E-state index contributed by atoms with van der Waals surface area (Å²) >= 11 is 0. The van der Waals surface area contributed by atoms with E-state index < -0.39 is 0 Å². The van der Waals surface area contributed by atoms with Gasteiger partial charge in [-0.1, -0.05) is 13.8 Å². The molecule has 0 spiro atoms. The molecule has 0 aromatic carbocycles. The number of nitrogen functional groups attached to an aromatic ring is 1. The van der Waals surface area contributed by atoms with Gasteiger partial charge in [0.1, 0.15) is 5.69 Å². The number of hydrogen-bond donors (Lipinski definition) is 3. The van der Waals surface area contributed by atoms with Gasteiger partial charge in [-0.15, -0.1) is 0 Å². The van der Waals surface area contributed by atoms with Crippen LogP contribution in [0.5, 0.6) is 0 Å². The minimum atomic E-state index is -0.307. The van der Waals surface area contributed by atoms with Crippen molar-refractivity contribution in [2.24, 2.45) is 7.05 Å². The van der Waals surface area contributed by atoms with Crippen LogP contribution >= 0.6 is 0 Å². The highest BCUT2D eigenvalue weighted by Gasteiger charge is 2.18. The van der Waals surface area contributed by atoms with E-state index in [2.05, 4.69) is 15.7 Å². The average Bonchev–Trinajstić information content (AvgIpc) is 2.72. The van der Waals surface area contributed by atoms with Crippen LogP contribution in [0, 0.1) is 0 Å². The summed E-state index contributed by atoms with van der Waals surface area (Å²) in [5.41, 5.74) is 7.36. The number of nitrogens with one attached hydrogen (secondary N) is 2. The van der Waals surface area contributed by atoms with E-state index in [1.165, 1.54) is 4.68 Å². The van der Waals surface area contributed by atoms with Gasteiger partial charge in [-0.05, 0) is 19.8 Å². The highest BCUT2D eigenvalue weighted by molar-refractivity contribution is 5.98. The number of nitrogens with two attached hydrogens (primary N) is 1. The van der Waals surface area contributed by atoms with Crippen molar-refractivity contribution in [2.75, 3.05) is 12.3 Å². The normalized spacial score (nSPS) is 12.0. The van der Waals surface area contributed by atoms with E-state index in [1.807, 2.05) is 20.8 Å². The highest BCUT2D eigenvalue weighted by atomic mass is 16.2. The van der Waals surface area contributed by atoms with E-state index in [1.54, 1.807) is 7.05 Å². The minimum Gasteiger partial charge on any atom is -0.395 e. The molecule has 1 aromatic rings. The summed E-state index contributed by atoms with van der Waals surface area (Å²) in [4.78, 5) is 23.7. The Morgan fingerprint density at radius 3 is 2.57 bits per heavy atom. The molecule has 0 saturated heterocycles. The molecule has 0 bridgehead atoms. The van der Waals surface area contributed by atoms with Crippen molar-refractivity contribution < 1.29 is 9.59 Å². The third-order valence-electron chi connectivity index (χ3n) is 3.37. The Labute approximate surface area is 125 Å². The standard InChI is InChI=1S/C14H25N5O2/c1-5-9(3)17-11(20)7-8-16-14(21)13-12(15)10(6-2)18-19(13)4/h9H,5-8,15H2,1-4H3,(H,16,21)(H,17,20). The molecule has 1 aromatic heterocycles. The zero-order valence-electron chi connectivity index (χ0n) is 13.2. The van der Waals surface area contributed by atoms with Crippen LogP contribution in [-0.2, 0) is 18.3 Å². The first kappa shape index (κ1) is 17.0. The molecule has 21 heavy (non-hydrogen) atoms. The van der Waals surface area contributed by atoms with Gasteiger partial charge in [0.2, 0.25) is 5.91 Å². The molecule has 1 atom stereocenters. The van der Waals surface area contributed by atoms with E-state index in [0.717, 1.165) is 6.42 Å². The molecule has 118 valence electrons. The van der Waals surface area contributed by atoms with Gasteiger partial charge in [0.25, 0.3) is 5.91 Å². The van der Waals surface area contributed by atoms with Crippen LogP contribution in [-0.4, -0.2) is 34.2 Å². The smallest absolute Gasteiger partial charge is 0.271 e. The largest absolute Gasteiger partial charge is 0.395 e. The second-order valence-corrected chi connectivity index (χ2v) is 5.07. The number of nitrogens with zero attached hydrogens (tertiary/aromatic N) is 2. The van der Waals surface area contributed by atoms with Gasteiger partial charge in [0.05, 0.1) is 11.4 Å². The molecule has 4 N–H and O–H groups in total. The van der Waals surface area contributed by atoms with Crippen molar-refractivity contribution in [1.29, 1.82) is 0 Å². The molecule has 7 nitrogen and oxygen atoms in total. The van der Waals surface area contributed by atoms with Crippen LogP contribution in [0.25, 0.3) is 0 Å². The summed E-state index contributed by atoms with van der Waals surface area (Å²) in [6.07, 6.45) is 1.79. The maximum absolute atomic E-state index is 12.1. The number of aromatic nitrogens is 2. The second kappa shape index (κ2) is 7.66. The van der Waals surface area contributed by atoms with Crippen molar-refractivity contribution >= 4 is 17.5 Å². The zero-order valence-corrected chi connectivity index (χ0v) is 13.2. The number of carbonyl (C=O) groups is 2. The number of anilines is 1. The SMILES string of the molecule is CCc1nn(C)c(C(=O)NCCC(=O)NC(C)CC)c1N. The van der Waals surface area contributed by atoms with Crippen molar-refractivity contribution in [3.63, 3.8) is 0 Å². The molecule has 0 aliphatic heterocycles. The van der Waals surface area contributed by atoms with Crippen LogP contribution in [0.4, 0.5) is 5.69 Å². The topological polar surface area (TPSA) is 102 Å². The highest BCUT2D eigenvalue weighted by Crippen LogP contribution is 2.16. The fraction of sp³-hybridized carbons (Fsp3) is 0.643. The lowest BCUT2D eigenvalue weighted by Gasteiger charge is -2.11. The van der Waals surface area contributed by atoms with Gasteiger partial charge < -0.3 is 16.4 Å². The Bertz CT molecular complexity index is 510. The number of rotatable bonds is 7. The molecule has 0 aliphatic carbocycles. The Morgan fingerprint density at radius 2 is 2.05 bits per heavy atom. The summed E-state index contributed by atoms with van der Waals surface area (Å²) in [5.74, 6) is -0.379. The maximum Gasteiger partial charge on any atom is 0.271 e. The molecule has 1 rings (SSSR count). The third-order valence-corrected chi connectivity index (χ3v) is 3.37. The summed E-state index contributed by atoms with van der Waals surface area (Å²) in [6, 6.07) is 0.146. The van der Waals surface area contributed by atoms with Crippen molar-refractivity contribution in [3.05, 3.63) is 11.4 Å². The van der Waals surface area contributed by atoms with E-state index in [-0.39, 0.29) is 30.8 Å². The predicted molar refractivity (Wildman–Crippen MR) is 81.8 cm³/mol.